The van der Waals surface area contributed by atoms with E-state index in [1.807, 2.05) is 60.4 Å². The summed E-state index contributed by atoms with van der Waals surface area (Å²) < 4.78 is 21.3. The van der Waals surface area contributed by atoms with E-state index in [4.69, 9.17) is 20.1 Å². The molecule has 3 aromatic carbocycles. The van der Waals surface area contributed by atoms with Crippen molar-refractivity contribution >= 4 is 70.2 Å². The number of fused-ring (bicyclic) bond motifs is 3. The Morgan fingerprint density at radius 1 is 0.762 bits per heavy atom. The minimum absolute atomic E-state index is 0.0148. The zero-order valence-corrected chi connectivity index (χ0v) is 47.8. The summed E-state index contributed by atoms with van der Waals surface area (Å²) in [4.78, 5) is 123. The second-order valence-electron chi connectivity index (χ2n) is 21.0. The molecule has 0 saturated carbocycles. The number of imidazole rings is 1. The molecule has 0 saturated heterocycles. The van der Waals surface area contributed by atoms with Gasteiger partial charge in [-0.15, -0.1) is 0 Å². The monoisotopic (exact) mass is 1150 g/mol. The number of anilines is 4. The Kier molecular flexibility index (Phi) is 20.8. The highest BCUT2D eigenvalue weighted by Crippen LogP contribution is 2.40. The van der Waals surface area contributed by atoms with Crippen molar-refractivity contribution in [2.24, 2.45) is 25.9 Å². The van der Waals surface area contributed by atoms with E-state index in [2.05, 4.69) is 36.1 Å². The van der Waals surface area contributed by atoms with Crippen LogP contribution in [0.4, 0.5) is 27.8 Å². The van der Waals surface area contributed by atoms with Crippen molar-refractivity contribution in [3.05, 3.63) is 126 Å². The molecule has 2 aliphatic heterocycles. The van der Waals surface area contributed by atoms with Crippen molar-refractivity contribution in [3.63, 3.8) is 0 Å². The fourth-order valence-corrected chi connectivity index (χ4v) is 9.92. The molecule has 8 rings (SSSR count). The van der Waals surface area contributed by atoms with E-state index in [0.717, 1.165) is 22.3 Å². The van der Waals surface area contributed by atoms with Crippen LogP contribution in [0, 0.1) is 5.92 Å². The van der Waals surface area contributed by atoms with Crippen LogP contribution < -0.4 is 46.3 Å². The molecule has 0 spiro atoms. The Bertz CT molecular complexity index is 3360. The molecular formula is C61H71N11O12. The first-order chi connectivity index (χ1) is 40.5. The highest BCUT2D eigenvalue weighted by Gasteiger charge is 2.40. The van der Waals surface area contributed by atoms with Crippen molar-refractivity contribution in [1.82, 2.24) is 29.3 Å². The second-order valence-corrected chi connectivity index (χ2v) is 21.0. The van der Waals surface area contributed by atoms with Gasteiger partial charge in [0.2, 0.25) is 23.5 Å². The van der Waals surface area contributed by atoms with Crippen LogP contribution in [-0.4, -0.2) is 110 Å². The van der Waals surface area contributed by atoms with Gasteiger partial charge in [0.05, 0.1) is 50.2 Å². The normalized spacial score (nSPS) is 14.2. The van der Waals surface area contributed by atoms with Gasteiger partial charge in [0.25, 0.3) is 11.8 Å². The number of nitrogens with one attached hydrogen (secondary N) is 4. The van der Waals surface area contributed by atoms with E-state index in [0.29, 0.717) is 69.6 Å². The van der Waals surface area contributed by atoms with E-state index in [9.17, 15) is 38.4 Å². The van der Waals surface area contributed by atoms with Crippen molar-refractivity contribution in [2.45, 2.75) is 103 Å². The first-order valence-electron chi connectivity index (χ1n) is 28.0. The Hall–Kier alpha value is -9.22. The minimum atomic E-state index is -0.820. The van der Waals surface area contributed by atoms with Crippen LogP contribution >= 0.6 is 0 Å². The summed E-state index contributed by atoms with van der Waals surface area (Å²) in [6.07, 6.45) is 10.3. The largest absolute Gasteiger partial charge is 0.493 e. The molecule has 23 nitrogen and oxygen atoms in total. The summed E-state index contributed by atoms with van der Waals surface area (Å²) in [6, 6.07) is 21.3. The molecule has 2 aliphatic rings. The molecule has 0 bridgehead atoms. The van der Waals surface area contributed by atoms with Gasteiger partial charge in [0.1, 0.15) is 17.4 Å². The van der Waals surface area contributed by atoms with Crippen LogP contribution in [0.2, 0.25) is 0 Å². The van der Waals surface area contributed by atoms with Crippen molar-refractivity contribution < 1.29 is 57.4 Å². The number of nitrogens with zero attached hydrogens (tertiary/aromatic N) is 6. The van der Waals surface area contributed by atoms with E-state index in [1.54, 1.807) is 56.3 Å². The van der Waals surface area contributed by atoms with E-state index >= 15 is 0 Å². The first kappa shape index (κ1) is 60.9. The topological polar surface area (TPSA) is 290 Å². The number of hydrogen-bond donors (Lipinski definition) is 5. The average Bonchev–Trinajstić information content (AvgIpc) is 4.05. The fourth-order valence-electron chi connectivity index (χ4n) is 9.92. The average molecular weight is 1150 g/mol. The second kappa shape index (κ2) is 28.7. The Morgan fingerprint density at radius 2 is 1.50 bits per heavy atom. The Labute approximate surface area is 486 Å². The number of hydrogen-bond acceptors (Lipinski definition) is 15. The molecule has 0 fully saturated rings. The molecule has 84 heavy (non-hydrogen) atoms. The van der Waals surface area contributed by atoms with E-state index < -0.39 is 35.9 Å². The Balaban J connectivity index is 0.855. The number of ether oxygens (including phenoxy) is 3. The SMILES string of the molecule is COc1cc2c(cc1OCCCC(=O)Nc1cn(C)c(C(=O)Nc3ccc(-c4ccn(C)c4)cn3)n1)N(C(=O)Oc1ccc(NC(=O)[C@@H](C)CC(=O)[C@@H](C)NC(=O)CCCCC(=O)CCCCON)cc1)C[C@@H]1Cc3ccccc3CN1C2=O. The van der Waals surface area contributed by atoms with Gasteiger partial charge in [0.15, 0.2) is 23.1 Å². The summed E-state index contributed by atoms with van der Waals surface area (Å²) in [5.41, 5.74) is 4.71. The van der Waals surface area contributed by atoms with Crippen molar-refractivity contribution in [1.29, 1.82) is 0 Å². The lowest BCUT2D eigenvalue weighted by atomic mass is 9.93. The number of benzene rings is 3. The number of methoxy groups -OCH3 is 1. The van der Waals surface area contributed by atoms with Crippen LogP contribution in [0.1, 0.15) is 110 Å². The van der Waals surface area contributed by atoms with Crippen molar-refractivity contribution in [2.75, 3.05) is 47.7 Å². The predicted molar refractivity (Wildman–Crippen MR) is 312 cm³/mol. The number of unbranched alkanes of at least 4 members (excludes halogenated alkanes) is 2. The zero-order chi connectivity index (χ0) is 59.9. The van der Waals surface area contributed by atoms with Gasteiger partial charge >= 0.3 is 6.09 Å². The maximum absolute atomic E-state index is 14.6. The van der Waals surface area contributed by atoms with Gasteiger partial charge in [-0.1, -0.05) is 31.2 Å². The molecule has 3 atom stereocenters. The molecule has 6 amide bonds. The molecule has 6 aromatic rings. The lowest BCUT2D eigenvalue weighted by Crippen LogP contribution is -2.49. The van der Waals surface area contributed by atoms with E-state index in [-0.39, 0.29) is 108 Å². The summed E-state index contributed by atoms with van der Waals surface area (Å²) in [6.45, 7) is 3.99. The number of carbonyl (C=O) groups excluding carboxylic acids is 8. The summed E-state index contributed by atoms with van der Waals surface area (Å²) in [5.74, 6) is 3.25. The van der Waals surface area contributed by atoms with Gasteiger partial charge in [-0.05, 0) is 105 Å². The Morgan fingerprint density at radius 3 is 2.21 bits per heavy atom. The van der Waals surface area contributed by atoms with Gasteiger partial charge in [0, 0.05) is 106 Å². The molecule has 0 unspecified atom stereocenters. The number of amides is 6. The number of rotatable bonds is 27. The molecule has 3 aromatic heterocycles. The third kappa shape index (κ3) is 16.1. The first-order valence-corrected chi connectivity index (χ1v) is 28.0. The standard InChI is InChI=1S/C61H71N11O12/c1-38(29-50(74)39(2)64-55(75)17-9-8-15-46(73)16-10-11-28-83-62)58(77)65-44-20-22-47(23-21-44)84-61(80)72-36-45-30-40-13-6-7-14-42(40)35-71(45)60(79)48-31-51(81-5)52(32-49(48)72)82-27-12-18-56(76)66-54-37-70(4)57(67-54)59(78)68-53-24-19-41(33-63-53)43-25-26-69(3)34-43/h6-7,13-14,19-26,31-34,37-39,45H,8-12,15-18,27-30,35-36,62H2,1-5H3,(H,64,75)(H,65,77)(H,66,76)(H,63,68,78)/t38-,39+,45-/m0/s1. The smallest absolute Gasteiger partial charge is 0.419 e. The maximum atomic E-state index is 14.6. The minimum Gasteiger partial charge on any atom is -0.493 e. The maximum Gasteiger partial charge on any atom is 0.419 e. The molecule has 6 N–H and O–H groups in total. The quantitative estimate of drug-likeness (QED) is 0.0244. The number of pyridine rings is 1. The van der Waals surface area contributed by atoms with Gasteiger partial charge in [-0.2, -0.15) is 0 Å². The third-order valence-electron chi connectivity index (χ3n) is 14.6. The molecule has 5 heterocycles. The van der Waals surface area contributed by atoms with Crippen LogP contribution in [0.15, 0.2) is 104 Å². The van der Waals surface area contributed by atoms with Crippen LogP contribution in [-0.2, 0) is 55.9 Å². The molecular weight excluding hydrogens is 1080 g/mol. The number of aromatic nitrogens is 4. The van der Waals surface area contributed by atoms with Gasteiger partial charge < -0.3 is 54.3 Å². The number of carbonyl (C=O) groups is 8. The number of Topliss-reactive ketones (excluding diaryl/α,β-unsaturated/α-hetero) is 2. The molecule has 0 aliphatic carbocycles. The highest BCUT2D eigenvalue weighted by molar-refractivity contribution is 6.06. The lowest BCUT2D eigenvalue weighted by molar-refractivity contribution is -0.129. The summed E-state index contributed by atoms with van der Waals surface area (Å²) >= 11 is 0. The molecule has 442 valence electrons. The highest BCUT2D eigenvalue weighted by atomic mass is 16.6. The number of ketones is 2. The zero-order valence-electron chi connectivity index (χ0n) is 47.8. The van der Waals surface area contributed by atoms with Crippen LogP contribution in [0.25, 0.3) is 11.1 Å². The number of aryl methyl sites for hydroxylation is 2. The summed E-state index contributed by atoms with van der Waals surface area (Å²) in [5, 5.41) is 11.0. The predicted octanol–water partition coefficient (Wildman–Crippen LogP) is 7.69. The molecule has 0 radical (unpaired) electrons. The van der Waals surface area contributed by atoms with E-state index in [1.165, 1.54) is 41.0 Å². The fraction of sp³-hybridized carbons (Fsp3) is 0.377. The summed E-state index contributed by atoms with van der Waals surface area (Å²) in [7, 11) is 5.00. The van der Waals surface area contributed by atoms with Gasteiger partial charge in [-0.3, -0.25) is 38.5 Å². The third-order valence-corrected chi connectivity index (χ3v) is 14.6. The van der Waals surface area contributed by atoms with Crippen LogP contribution in [0.5, 0.6) is 17.2 Å². The van der Waals surface area contributed by atoms with Crippen LogP contribution in [0.3, 0.4) is 0 Å². The number of nitrogens with two attached hydrogens (primary N) is 1. The lowest BCUT2D eigenvalue weighted by Gasteiger charge is -2.36. The van der Waals surface area contributed by atoms with Gasteiger partial charge in [-0.25, -0.2) is 20.7 Å². The van der Waals surface area contributed by atoms with Crippen molar-refractivity contribution in [3.8, 4) is 28.4 Å². The molecule has 23 heteroatoms.